The van der Waals surface area contributed by atoms with Crippen LogP contribution < -0.4 is 20.2 Å². The molecule has 35 heavy (non-hydrogen) atoms. The predicted molar refractivity (Wildman–Crippen MR) is 136 cm³/mol. The molecule has 3 aromatic carbocycles. The maximum Gasteiger partial charge on any atom is 0.240 e. The van der Waals surface area contributed by atoms with Gasteiger partial charge in [-0.05, 0) is 48.9 Å². The lowest BCUT2D eigenvalue weighted by molar-refractivity contribution is -0.116. The Bertz CT molecular complexity index is 1290. The van der Waals surface area contributed by atoms with Crippen LogP contribution in [0.25, 0.3) is 11.4 Å². The molecule has 1 amide bonds. The summed E-state index contributed by atoms with van der Waals surface area (Å²) < 4.78 is 12.7. The molecule has 0 aliphatic carbocycles. The minimum Gasteiger partial charge on any atom is -0.497 e. The minimum absolute atomic E-state index is 0.136. The van der Waals surface area contributed by atoms with Crippen molar-refractivity contribution in [1.29, 1.82) is 0 Å². The van der Waals surface area contributed by atoms with E-state index in [0.717, 1.165) is 22.6 Å². The van der Waals surface area contributed by atoms with E-state index >= 15 is 0 Å². The van der Waals surface area contributed by atoms with Crippen molar-refractivity contribution in [1.82, 2.24) is 14.9 Å². The van der Waals surface area contributed by atoms with Gasteiger partial charge in [-0.15, -0.1) is 10.2 Å². The molecular formula is C26H25N5O3S. The molecule has 2 heterocycles. The number of nitrogens with zero attached hydrogens (tertiary/aromatic N) is 3. The zero-order valence-corrected chi connectivity index (χ0v) is 20.2. The molecule has 0 radical (unpaired) electrons. The lowest BCUT2D eigenvalue weighted by Gasteiger charge is -2.33. The molecule has 0 spiro atoms. The fraction of sp³-hybridized carbons (Fsp3) is 0.192. The third-order valence-corrected chi connectivity index (χ3v) is 6.85. The molecule has 4 aromatic rings. The Hall–Kier alpha value is -3.98. The summed E-state index contributed by atoms with van der Waals surface area (Å²) in [4.78, 5) is 13.5. The van der Waals surface area contributed by atoms with Gasteiger partial charge in [0.1, 0.15) is 16.7 Å². The van der Waals surface area contributed by atoms with E-state index in [2.05, 4.69) is 20.9 Å². The highest BCUT2D eigenvalue weighted by Gasteiger charge is 2.38. The molecular weight excluding hydrogens is 462 g/mol. The standard InChI is InChI=1S/C26H25N5O3S/c1-3-34-21-15-11-19(12-16-21)27-25(32)23-22(17-9-13-20(33-2)14-10-17)30-31-24(28-29-26(31)35-23)18-7-5-4-6-8-18/h4-16,22-23,30H,3H2,1-2H3,(H,27,32). The third kappa shape index (κ3) is 4.81. The molecule has 2 unspecified atom stereocenters. The Morgan fingerprint density at radius 2 is 1.71 bits per heavy atom. The number of hydrogen-bond acceptors (Lipinski definition) is 7. The van der Waals surface area contributed by atoms with E-state index in [1.54, 1.807) is 7.11 Å². The van der Waals surface area contributed by atoms with E-state index in [9.17, 15) is 4.79 Å². The number of fused-ring (bicyclic) bond motifs is 1. The Kier molecular flexibility index (Phi) is 6.58. The predicted octanol–water partition coefficient (Wildman–Crippen LogP) is 4.75. The molecule has 0 saturated carbocycles. The van der Waals surface area contributed by atoms with Crippen molar-refractivity contribution in [3.8, 4) is 22.9 Å². The fourth-order valence-electron chi connectivity index (χ4n) is 3.91. The first kappa shape index (κ1) is 22.8. The van der Waals surface area contributed by atoms with Crippen molar-refractivity contribution in [2.75, 3.05) is 24.5 Å². The zero-order chi connectivity index (χ0) is 24.2. The van der Waals surface area contributed by atoms with E-state index in [-0.39, 0.29) is 11.9 Å². The largest absolute Gasteiger partial charge is 0.497 e. The first-order chi connectivity index (χ1) is 17.2. The summed E-state index contributed by atoms with van der Waals surface area (Å²) in [5, 5.41) is 11.9. The number of carbonyl (C=O) groups excluding carboxylic acids is 1. The summed E-state index contributed by atoms with van der Waals surface area (Å²) in [5.41, 5.74) is 6.07. The van der Waals surface area contributed by atoms with Crippen molar-refractivity contribution < 1.29 is 14.3 Å². The van der Waals surface area contributed by atoms with Gasteiger partial charge >= 0.3 is 0 Å². The monoisotopic (exact) mass is 487 g/mol. The van der Waals surface area contributed by atoms with E-state index in [0.29, 0.717) is 23.3 Å². The molecule has 0 saturated heterocycles. The highest BCUT2D eigenvalue weighted by molar-refractivity contribution is 8.00. The van der Waals surface area contributed by atoms with E-state index < -0.39 is 5.25 Å². The number of aromatic nitrogens is 3. The normalized spacial score (nSPS) is 16.6. The smallest absolute Gasteiger partial charge is 0.240 e. The molecule has 2 atom stereocenters. The van der Waals surface area contributed by atoms with Gasteiger partial charge in [-0.1, -0.05) is 54.2 Å². The first-order valence-electron chi connectivity index (χ1n) is 11.3. The van der Waals surface area contributed by atoms with Gasteiger partial charge in [-0.25, -0.2) is 4.68 Å². The van der Waals surface area contributed by atoms with E-state index in [1.807, 2.05) is 90.5 Å². The Labute approximate surface area is 207 Å². The second-order valence-corrected chi connectivity index (χ2v) is 8.98. The lowest BCUT2D eigenvalue weighted by Crippen LogP contribution is -2.41. The van der Waals surface area contributed by atoms with Gasteiger partial charge in [0.05, 0.1) is 19.8 Å². The fourth-order valence-corrected chi connectivity index (χ4v) is 4.98. The molecule has 5 rings (SSSR count). The van der Waals surface area contributed by atoms with Gasteiger partial charge in [0.25, 0.3) is 0 Å². The van der Waals surface area contributed by atoms with Gasteiger partial charge in [-0.2, -0.15) is 0 Å². The molecule has 1 aromatic heterocycles. The number of carbonyl (C=O) groups is 1. The van der Waals surface area contributed by atoms with Gasteiger partial charge in [-0.3, -0.25) is 4.79 Å². The summed E-state index contributed by atoms with van der Waals surface area (Å²) in [5.74, 6) is 2.07. The third-order valence-electron chi connectivity index (χ3n) is 5.63. The quantitative estimate of drug-likeness (QED) is 0.389. The maximum absolute atomic E-state index is 13.5. The van der Waals surface area contributed by atoms with Gasteiger partial charge in [0.15, 0.2) is 5.82 Å². The highest BCUT2D eigenvalue weighted by Crippen LogP contribution is 2.39. The van der Waals surface area contributed by atoms with E-state index in [4.69, 9.17) is 9.47 Å². The number of benzene rings is 3. The van der Waals surface area contributed by atoms with Crippen LogP contribution in [-0.4, -0.2) is 39.7 Å². The number of methoxy groups -OCH3 is 1. The molecule has 0 fully saturated rings. The van der Waals surface area contributed by atoms with Crippen LogP contribution in [0.5, 0.6) is 11.5 Å². The molecule has 1 aliphatic heterocycles. The van der Waals surface area contributed by atoms with Crippen LogP contribution >= 0.6 is 11.8 Å². The van der Waals surface area contributed by atoms with Crippen LogP contribution in [-0.2, 0) is 4.79 Å². The van der Waals surface area contributed by atoms with Gasteiger partial charge < -0.3 is 20.2 Å². The summed E-state index contributed by atoms with van der Waals surface area (Å²) >= 11 is 1.38. The molecule has 9 heteroatoms. The summed E-state index contributed by atoms with van der Waals surface area (Å²) in [7, 11) is 1.63. The Balaban J connectivity index is 1.46. The van der Waals surface area contributed by atoms with Crippen molar-refractivity contribution in [3.05, 3.63) is 84.4 Å². The Morgan fingerprint density at radius 1 is 1.00 bits per heavy atom. The number of anilines is 1. The van der Waals surface area contributed by atoms with Crippen LogP contribution in [0.2, 0.25) is 0 Å². The SMILES string of the molecule is CCOc1ccc(NC(=O)C2Sc3nnc(-c4ccccc4)n3NC2c2ccc(OC)cc2)cc1. The average molecular weight is 488 g/mol. The van der Waals surface area contributed by atoms with Crippen molar-refractivity contribution in [3.63, 3.8) is 0 Å². The maximum atomic E-state index is 13.5. The first-order valence-corrected chi connectivity index (χ1v) is 12.2. The van der Waals surface area contributed by atoms with Crippen LogP contribution in [0, 0.1) is 0 Å². The number of ether oxygens (including phenoxy) is 2. The number of hydrogen-bond donors (Lipinski definition) is 2. The molecule has 1 aliphatic rings. The van der Waals surface area contributed by atoms with Crippen LogP contribution in [0.1, 0.15) is 18.5 Å². The highest BCUT2D eigenvalue weighted by atomic mass is 32.2. The summed E-state index contributed by atoms with van der Waals surface area (Å²) in [6.45, 7) is 2.52. The number of amides is 1. The molecule has 0 bridgehead atoms. The topological polar surface area (TPSA) is 90.3 Å². The summed E-state index contributed by atoms with van der Waals surface area (Å²) in [6.07, 6.45) is 0. The zero-order valence-electron chi connectivity index (χ0n) is 19.3. The van der Waals surface area contributed by atoms with Crippen molar-refractivity contribution in [2.24, 2.45) is 0 Å². The van der Waals surface area contributed by atoms with Crippen molar-refractivity contribution in [2.45, 2.75) is 23.4 Å². The Morgan fingerprint density at radius 3 is 2.40 bits per heavy atom. The van der Waals surface area contributed by atoms with Crippen LogP contribution in [0.15, 0.2) is 84.0 Å². The van der Waals surface area contributed by atoms with Crippen molar-refractivity contribution >= 4 is 23.4 Å². The van der Waals surface area contributed by atoms with E-state index in [1.165, 1.54) is 11.8 Å². The second kappa shape index (κ2) is 10.1. The molecule has 178 valence electrons. The molecule has 2 N–H and O–H groups in total. The van der Waals surface area contributed by atoms with Crippen LogP contribution in [0.3, 0.4) is 0 Å². The molecule has 8 nitrogen and oxygen atoms in total. The minimum atomic E-state index is -0.490. The van der Waals surface area contributed by atoms with Gasteiger partial charge in [0, 0.05) is 11.3 Å². The van der Waals surface area contributed by atoms with Gasteiger partial charge in [0.2, 0.25) is 11.1 Å². The number of rotatable bonds is 7. The number of nitrogens with one attached hydrogen (secondary N) is 2. The average Bonchev–Trinajstić information content (AvgIpc) is 3.33. The lowest BCUT2D eigenvalue weighted by atomic mass is 10.0. The summed E-state index contributed by atoms with van der Waals surface area (Å²) in [6, 6.07) is 24.6. The number of thioether (sulfide) groups is 1. The van der Waals surface area contributed by atoms with Crippen LogP contribution in [0.4, 0.5) is 5.69 Å². The second-order valence-electron chi connectivity index (χ2n) is 7.87.